The van der Waals surface area contributed by atoms with Gasteiger partial charge in [0, 0.05) is 28.4 Å². The summed E-state index contributed by atoms with van der Waals surface area (Å²) in [6, 6.07) is 0. The Balaban J connectivity index is 4.65. The highest BCUT2D eigenvalue weighted by Crippen LogP contribution is 2.13. The predicted molar refractivity (Wildman–Crippen MR) is 56.3 cm³/mol. The largest absolute Gasteiger partial charge is 0.388 e. The van der Waals surface area contributed by atoms with Gasteiger partial charge in [-0.1, -0.05) is 0 Å². The van der Waals surface area contributed by atoms with E-state index >= 15 is 0 Å². The standard InChI is InChI=1S/C10H20O6/c1-13-6-7(12)9(15-3)10(16-4)8(5-11)14-2/h5,7-10,12H,6H2,1-4H3/t7-,8-,9-,10-/m1/s1. The highest BCUT2D eigenvalue weighted by Gasteiger charge is 2.34. The van der Waals surface area contributed by atoms with E-state index in [0.29, 0.717) is 6.29 Å². The number of hydrogen-bond donors (Lipinski definition) is 1. The normalized spacial score (nSPS) is 18.8. The SMILES string of the molecule is COC[C@@H](O)[C@@H](OC)[C@H](OC)[C@@H](C=O)OC. The second-order valence-corrected chi connectivity index (χ2v) is 3.26. The number of aliphatic hydroxyl groups is 1. The molecule has 0 amide bonds. The van der Waals surface area contributed by atoms with Crippen LogP contribution in [-0.2, 0) is 23.7 Å². The van der Waals surface area contributed by atoms with Crippen molar-refractivity contribution in [2.75, 3.05) is 35.0 Å². The fraction of sp³-hybridized carbons (Fsp3) is 0.900. The van der Waals surface area contributed by atoms with E-state index in [-0.39, 0.29) is 6.61 Å². The van der Waals surface area contributed by atoms with Crippen molar-refractivity contribution in [2.24, 2.45) is 0 Å². The average Bonchev–Trinajstić information content (AvgIpc) is 2.29. The molecule has 0 aliphatic carbocycles. The van der Waals surface area contributed by atoms with Crippen LogP contribution in [0.25, 0.3) is 0 Å². The first-order valence-corrected chi connectivity index (χ1v) is 4.86. The Hall–Kier alpha value is -0.530. The van der Waals surface area contributed by atoms with E-state index < -0.39 is 24.4 Å². The molecule has 96 valence electrons. The molecule has 0 unspecified atom stereocenters. The summed E-state index contributed by atoms with van der Waals surface area (Å²) in [7, 11) is 5.70. The summed E-state index contributed by atoms with van der Waals surface area (Å²) in [6.45, 7) is 0.0909. The lowest BCUT2D eigenvalue weighted by molar-refractivity contribution is -0.156. The van der Waals surface area contributed by atoms with Crippen LogP contribution < -0.4 is 0 Å². The number of aliphatic hydroxyl groups excluding tert-OH is 1. The number of ether oxygens (including phenoxy) is 4. The summed E-state index contributed by atoms with van der Waals surface area (Å²) < 4.78 is 20.0. The van der Waals surface area contributed by atoms with Gasteiger partial charge in [0.2, 0.25) is 0 Å². The first kappa shape index (κ1) is 15.5. The van der Waals surface area contributed by atoms with Crippen LogP contribution in [-0.4, -0.2) is 70.9 Å². The minimum Gasteiger partial charge on any atom is -0.388 e. The van der Waals surface area contributed by atoms with Gasteiger partial charge in [0.05, 0.1) is 6.61 Å². The third kappa shape index (κ3) is 4.15. The maximum Gasteiger partial charge on any atom is 0.151 e. The molecular weight excluding hydrogens is 216 g/mol. The van der Waals surface area contributed by atoms with E-state index in [1.807, 2.05) is 0 Å². The van der Waals surface area contributed by atoms with Gasteiger partial charge in [0.25, 0.3) is 0 Å². The number of aldehydes is 1. The molecule has 0 saturated heterocycles. The molecule has 0 aromatic rings. The van der Waals surface area contributed by atoms with Crippen molar-refractivity contribution in [3.05, 3.63) is 0 Å². The first-order chi connectivity index (χ1) is 7.65. The van der Waals surface area contributed by atoms with Crippen molar-refractivity contribution in [1.82, 2.24) is 0 Å². The second-order valence-electron chi connectivity index (χ2n) is 3.26. The van der Waals surface area contributed by atoms with Crippen LogP contribution in [0.5, 0.6) is 0 Å². The van der Waals surface area contributed by atoms with E-state index in [9.17, 15) is 9.90 Å². The summed E-state index contributed by atoms with van der Waals surface area (Å²) in [5.41, 5.74) is 0. The molecule has 0 heterocycles. The molecule has 0 rings (SSSR count). The molecular formula is C10H20O6. The molecule has 0 bridgehead atoms. The Morgan fingerprint density at radius 1 is 1.06 bits per heavy atom. The fourth-order valence-corrected chi connectivity index (χ4v) is 1.50. The van der Waals surface area contributed by atoms with Crippen molar-refractivity contribution < 1.29 is 28.8 Å². The quantitative estimate of drug-likeness (QED) is 0.530. The second kappa shape index (κ2) is 8.60. The third-order valence-electron chi connectivity index (χ3n) is 2.31. The van der Waals surface area contributed by atoms with Gasteiger partial charge < -0.3 is 28.8 Å². The van der Waals surface area contributed by atoms with Crippen molar-refractivity contribution in [1.29, 1.82) is 0 Å². The van der Waals surface area contributed by atoms with E-state index in [4.69, 9.17) is 18.9 Å². The van der Waals surface area contributed by atoms with Gasteiger partial charge in [0.1, 0.15) is 24.4 Å². The maximum atomic E-state index is 10.8. The third-order valence-corrected chi connectivity index (χ3v) is 2.31. The van der Waals surface area contributed by atoms with E-state index in [1.165, 1.54) is 28.4 Å². The molecule has 0 aliphatic rings. The Kier molecular flexibility index (Phi) is 8.32. The predicted octanol–water partition coefficient (Wildman–Crippen LogP) is -0.762. The summed E-state index contributed by atoms with van der Waals surface area (Å²) >= 11 is 0. The number of hydrogen-bond acceptors (Lipinski definition) is 6. The van der Waals surface area contributed by atoms with Crippen LogP contribution in [0.4, 0.5) is 0 Å². The van der Waals surface area contributed by atoms with Crippen molar-refractivity contribution in [2.45, 2.75) is 24.4 Å². The zero-order chi connectivity index (χ0) is 12.6. The molecule has 0 aromatic carbocycles. The van der Waals surface area contributed by atoms with Crippen molar-refractivity contribution in [3.63, 3.8) is 0 Å². The highest BCUT2D eigenvalue weighted by molar-refractivity contribution is 5.57. The van der Waals surface area contributed by atoms with Crippen molar-refractivity contribution in [3.8, 4) is 0 Å². The highest BCUT2D eigenvalue weighted by atomic mass is 16.6. The van der Waals surface area contributed by atoms with Crippen LogP contribution in [0.2, 0.25) is 0 Å². The average molecular weight is 236 g/mol. The molecule has 0 saturated carbocycles. The molecule has 16 heavy (non-hydrogen) atoms. The molecule has 0 aliphatic heterocycles. The van der Waals surface area contributed by atoms with Crippen LogP contribution in [0, 0.1) is 0 Å². The van der Waals surface area contributed by atoms with Gasteiger partial charge in [0.15, 0.2) is 6.29 Å². The maximum absolute atomic E-state index is 10.8. The van der Waals surface area contributed by atoms with E-state index in [0.717, 1.165) is 0 Å². The molecule has 0 spiro atoms. The van der Waals surface area contributed by atoms with Gasteiger partial charge in [-0.15, -0.1) is 0 Å². The Bertz CT molecular complexity index is 186. The molecule has 0 fully saturated rings. The molecule has 6 nitrogen and oxygen atoms in total. The minimum absolute atomic E-state index is 0.0909. The summed E-state index contributed by atoms with van der Waals surface area (Å²) in [6.07, 6.45) is -2.45. The number of methoxy groups -OCH3 is 4. The van der Waals surface area contributed by atoms with Gasteiger partial charge in [-0.25, -0.2) is 0 Å². The topological polar surface area (TPSA) is 74.2 Å². The van der Waals surface area contributed by atoms with Crippen molar-refractivity contribution >= 4 is 6.29 Å². The van der Waals surface area contributed by atoms with E-state index in [2.05, 4.69) is 0 Å². The lowest BCUT2D eigenvalue weighted by Gasteiger charge is -2.31. The Morgan fingerprint density at radius 3 is 1.94 bits per heavy atom. The Morgan fingerprint density at radius 2 is 1.62 bits per heavy atom. The zero-order valence-electron chi connectivity index (χ0n) is 10.1. The summed E-state index contributed by atoms with van der Waals surface area (Å²) in [4.78, 5) is 10.8. The zero-order valence-corrected chi connectivity index (χ0v) is 10.1. The Labute approximate surface area is 95.4 Å². The lowest BCUT2D eigenvalue weighted by atomic mass is 10.0. The minimum atomic E-state index is -0.891. The first-order valence-electron chi connectivity index (χ1n) is 4.86. The number of carbonyl (C=O) groups excluding carboxylic acids is 1. The van der Waals surface area contributed by atoms with Crippen LogP contribution >= 0.6 is 0 Å². The van der Waals surface area contributed by atoms with Gasteiger partial charge in [-0.3, -0.25) is 0 Å². The number of rotatable bonds is 9. The van der Waals surface area contributed by atoms with Gasteiger partial charge >= 0.3 is 0 Å². The number of carbonyl (C=O) groups is 1. The molecule has 0 aromatic heterocycles. The van der Waals surface area contributed by atoms with Crippen LogP contribution in [0.1, 0.15) is 0 Å². The summed E-state index contributed by atoms with van der Waals surface area (Å²) in [5, 5.41) is 9.75. The summed E-state index contributed by atoms with van der Waals surface area (Å²) in [5.74, 6) is 0. The molecule has 6 heteroatoms. The molecule has 1 N–H and O–H groups in total. The molecule has 0 radical (unpaired) electrons. The van der Waals surface area contributed by atoms with Crippen LogP contribution in [0.3, 0.4) is 0 Å². The van der Waals surface area contributed by atoms with Gasteiger partial charge in [-0.05, 0) is 0 Å². The smallest absolute Gasteiger partial charge is 0.151 e. The van der Waals surface area contributed by atoms with Crippen LogP contribution in [0.15, 0.2) is 0 Å². The molecule has 4 atom stereocenters. The fourth-order valence-electron chi connectivity index (χ4n) is 1.50. The van der Waals surface area contributed by atoms with E-state index in [1.54, 1.807) is 0 Å². The van der Waals surface area contributed by atoms with Gasteiger partial charge in [-0.2, -0.15) is 0 Å². The lowest BCUT2D eigenvalue weighted by Crippen LogP contribution is -2.49. The monoisotopic (exact) mass is 236 g/mol.